The summed E-state index contributed by atoms with van der Waals surface area (Å²) in [5.41, 5.74) is 1.18. The molecule has 0 aliphatic rings. The molecular weight excluding hydrogens is 328 g/mol. The summed E-state index contributed by atoms with van der Waals surface area (Å²) < 4.78 is 5.92. The summed E-state index contributed by atoms with van der Waals surface area (Å²) in [6.45, 7) is 1.78. The van der Waals surface area contributed by atoms with Crippen LogP contribution in [-0.4, -0.2) is 16.8 Å². The topological polar surface area (TPSA) is 55.1 Å². The molecule has 0 aliphatic heterocycles. The molecule has 0 bridgehead atoms. The summed E-state index contributed by atoms with van der Waals surface area (Å²) in [4.78, 5) is 11.7. The fraction of sp³-hybridized carbons (Fsp3) is 0.231. The molecule has 1 aromatic heterocycles. The molecule has 1 amide bonds. The second kappa shape index (κ2) is 6.77. The van der Waals surface area contributed by atoms with Crippen LogP contribution < -0.4 is 5.32 Å². The highest BCUT2D eigenvalue weighted by Gasteiger charge is 2.06. The summed E-state index contributed by atoms with van der Waals surface area (Å²) in [5.74, 6) is 2.25. The van der Waals surface area contributed by atoms with Crippen molar-refractivity contribution in [3.05, 3.63) is 46.1 Å². The molecule has 1 heterocycles. The van der Waals surface area contributed by atoms with Gasteiger partial charge in [0, 0.05) is 16.3 Å². The fourth-order valence-corrected chi connectivity index (χ4v) is 2.71. The van der Waals surface area contributed by atoms with E-state index in [1.165, 1.54) is 5.56 Å². The van der Waals surface area contributed by atoms with Gasteiger partial charge in [-0.2, -0.15) is 0 Å². The first-order valence-corrected chi connectivity index (χ1v) is 7.63. The van der Waals surface area contributed by atoms with Crippen LogP contribution in [-0.2, 0) is 10.5 Å². The summed E-state index contributed by atoms with van der Waals surface area (Å²) in [5, 5.41) is 6.40. The molecule has 1 aromatic carbocycles. The van der Waals surface area contributed by atoms with E-state index in [4.69, 9.17) is 4.52 Å². The van der Waals surface area contributed by atoms with Gasteiger partial charge in [-0.3, -0.25) is 4.79 Å². The molecule has 19 heavy (non-hydrogen) atoms. The number of hydrogen-bond acceptors (Lipinski definition) is 4. The van der Waals surface area contributed by atoms with Crippen molar-refractivity contribution in [3.63, 3.8) is 0 Å². The number of anilines is 1. The zero-order valence-electron chi connectivity index (χ0n) is 10.4. The van der Waals surface area contributed by atoms with Gasteiger partial charge in [0.1, 0.15) is 5.76 Å². The second-order valence-corrected chi connectivity index (χ2v) is 5.89. The lowest BCUT2D eigenvalue weighted by molar-refractivity contribution is -0.113. The van der Waals surface area contributed by atoms with Gasteiger partial charge in [0.25, 0.3) is 0 Å². The van der Waals surface area contributed by atoms with Gasteiger partial charge in [-0.1, -0.05) is 33.2 Å². The Morgan fingerprint density at radius 2 is 2.32 bits per heavy atom. The highest BCUT2D eigenvalue weighted by molar-refractivity contribution is 9.10. The Kier molecular flexibility index (Phi) is 5.04. The Labute approximate surface area is 124 Å². The van der Waals surface area contributed by atoms with Crippen molar-refractivity contribution in [3.8, 4) is 0 Å². The van der Waals surface area contributed by atoms with E-state index in [-0.39, 0.29) is 5.91 Å². The first kappa shape index (κ1) is 14.1. The van der Waals surface area contributed by atoms with E-state index < -0.39 is 0 Å². The number of halogens is 1. The summed E-state index contributed by atoms with van der Waals surface area (Å²) in [6.07, 6.45) is 0. The highest BCUT2D eigenvalue weighted by Crippen LogP contribution is 2.17. The van der Waals surface area contributed by atoms with Gasteiger partial charge >= 0.3 is 0 Å². The predicted octanol–water partition coefficient (Wildman–Crippen LogP) is 3.62. The third kappa shape index (κ3) is 4.72. The quantitative estimate of drug-likeness (QED) is 0.903. The minimum absolute atomic E-state index is 0.0757. The Bertz CT molecular complexity index is 571. The number of benzene rings is 1. The summed E-state index contributed by atoms with van der Waals surface area (Å²) >= 11 is 4.98. The molecular formula is C13H13BrN2O2S. The van der Waals surface area contributed by atoms with Crippen LogP contribution in [0.25, 0.3) is 0 Å². The van der Waals surface area contributed by atoms with E-state index in [1.807, 2.05) is 24.3 Å². The van der Waals surface area contributed by atoms with Crippen LogP contribution in [0.4, 0.5) is 5.82 Å². The van der Waals surface area contributed by atoms with E-state index >= 15 is 0 Å². The lowest BCUT2D eigenvalue weighted by Crippen LogP contribution is -2.14. The number of carbonyl (C=O) groups is 1. The van der Waals surface area contributed by atoms with Crippen molar-refractivity contribution >= 4 is 39.4 Å². The van der Waals surface area contributed by atoms with Crippen LogP contribution in [0.15, 0.2) is 39.3 Å². The van der Waals surface area contributed by atoms with Crippen LogP contribution in [0.1, 0.15) is 11.3 Å². The SMILES string of the molecule is Cc1cc(NC(=O)CSCc2cccc(Br)c2)no1. The fourth-order valence-electron chi connectivity index (χ4n) is 1.49. The molecule has 0 saturated heterocycles. The van der Waals surface area contributed by atoms with Crippen LogP contribution in [0, 0.1) is 6.92 Å². The predicted molar refractivity (Wildman–Crippen MR) is 80.2 cm³/mol. The smallest absolute Gasteiger partial charge is 0.235 e. The summed E-state index contributed by atoms with van der Waals surface area (Å²) in [6, 6.07) is 9.74. The maximum absolute atomic E-state index is 11.7. The van der Waals surface area contributed by atoms with E-state index in [2.05, 4.69) is 26.4 Å². The van der Waals surface area contributed by atoms with Crippen molar-refractivity contribution in [2.75, 3.05) is 11.1 Å². The molecule has 0 saturated carbocycles. The number of aromatic nitrogens is 1. The van der Waals surface area contributed by atoms with Gasteiger partial charge < -0.3 is 9.84 Å². The minimum atomic E-state index is -0.0757. The molecule has 0 radical (unpaired) electrons. The van der Waals surface area contributed by atoms with Crippen molar-refractivity contribution in [1.29, 1.82) is 0 Å². The number of rotatable bonds is 5. The van der Waals surface area contributed by atoms with Crippen LogP contribution in [0.2, 0.25) is 0 Å². The molecule has 2 aromatic rings. The lowest BCUT2D eigenvalue weighted by atomic mass is 10.2. The van der Waals surface area contributed by atoms with Crippen molar-refractivity contribution in [2.45, 2.75) is 12.7 Å². The standard InChI is InChI=1S/C13H13BrN2O2S/c1-9-5-12(16-18-9)15-13(17)8-19-7-10-3-2-4-11(14)6-10/h2-6H,7-8H2,1H3,(H,15,16,17). The Morgan fingerprint density at radius 1 is 1.47 bits per heavy atom. The lowest BCUT2D eigenvalue weighted by Gasteiger charge is -2.02. The zero-order chi connectivity index (χ0) is 13.7. The number of thioether (sulfide) groups is 1. The third-order valence-corrected chi connectivity index (χ3v) is 3.78. The number of nitrogens with one attached hydrogen (secondary N) is 1. The second-order valence-electron chi connectivity index (χ2n) is 3.99. The zero-order valence-corrected chi connectivity index (χ0v) is 12.8. The normalized spacial score (nSPS) is 10.4. The molecule has 2 rings (SSSR count). The molecule has 1 N–H and O–H groups in total. The molecule has 0 atom stereocenters. The first-order chi connectivity index (χ1) is 9.13. The number of nitrogens with zero attached hydrogens (tertiary/aromatic N) is 1. The van der Waals surface area contributed by atoms with Crippen molar-refractivity contribution in [2.24, 2.45) is 0 Å². The monoisotopic (exact) mass is 340 g/mol. The average molecular weight is 341 g/mol. The third-order valence-electron chi connectivity index (χ3n) is 2.29. The molecule has 0 aliphatic carbocycles. The summed E-state index contributed by atoms with van der Waals surface area (Å²) in [7, 11) is 0. The van der Waals surface area contributed by atoms with Crippen LogP contribution in [0.5, 0.6) is 0 Å². The van der Waals surface area contributed by atoms with E-state index in [1.54, 1.807) is 24.8 Å². The maximum atomic E-state index is 11.7. The van der Waals surface area contributed by atoms with Gasteiger partial charge in [0.15, 0.2) is 5.82 Å². The number of carbonyl (C=O) groups excluding carboxylic acids is 1. The number of aryl methyl sites for hydroxylation is 1. The van der Waals surface area contributed by atoms with Crippen molar-refractivity contribution < 1.29 is 9.32 Å². The van der Waals surface area contributed by atoms with Gasteiger partial charge in [0.2, 0.25) is 5.91 Å². The Balaban J connectivity index is 1.75. The van der Waals surface area contributed by atoms with Gasteiger partial charge in [-0.25, -0.2) is 0 Å². The van der Waals surface area contributed by atoms with Gasteiger partial charge in [0.05, 0.1) is 5.75 Å². The van der Waals surface area contributed by atoms with Gasteiger partial charge in [-0.15, -0.1) is 11.8 Å². The van der Waals surface area contributed by atoms with E-state index in [0.29, 0.717) is 17.3 Å². The van der Waals surface area contributed by atoms with Gasteiger partial charge in [-0.05, 0) is 24.6 Å². The average Bonchev–Trinajstić information content (AvgIpc) is 2.75. The minimum Gasteiger partial charge on any atom is -0.360 e. The largest absolute Gasteiger partial charge is 0.360 e. The molecule has 4 nitrogen and oxygen atoms in total. The molecule has 0 fully saturated rings. The molecule has 100 valence electrons. The molecule has 0 unspecified atom stereocenters. The van der Waals surface area contributed by atoms with E-state index in [0.717, 1.165) is 10.2 Å². The van der Waals surface area contributed by atoms with Crippen LogP contribution >= 0.6 is 27.7 Å². The Hall–Kier alpha value is -1.27. The number of amides is 1. The molecule has 0 spiro atoms. The highest BCUT2D eigenvalue weighted by atomic mass is 79.9. The first-order valence-electron chi connectivity index (χ1n) is 5.69. The maximum Gasteiger partial charge on any atom is 0.235 e. The van der Waals surface area contributed by atoms with E-state index in [9.17, 15) is 4.79 Å². The van der Waals surface area contributed by atoms with Crippen LogP contribution in [0.3, 0.4) is 0 Å². The van der Waals surface area contributed by atoms with Crippen molar-refractivity contribution in [1.82, 2.24) is 5.16 Å². The number of hydrogen-bond donors (Lipinski definition) is 1. The Morgan fingerprint density at radius 3 is 3.00 bits per heavy atom. The molecule has 6 heteroatoms.